The summed E-state index contributed by atoms with van der Waals surface area (Å²) in [5.41, 5.74) is -1.62. The number of hydrogen-bond donors (Lipinski definition) is 1. The molecule has 3 rings (SSSR count). The number of pyridine rings is 1. The average molecular weight is 485 g/mol. The molecule has 1 saturated carbocycles. The molecule has 2 fully saturated rings. The minimum Gasteiger partial charge on any atom is -0.465 e. The van der Waals surface area contributed by atoms with E-state index in [1.54, 1.807) is 4.90 Å². The van der Waals surface area contributed by atoms with E-state index >= 15 is 0 Å². The zero-order valence-corrected chi connectivity index (χ0v) is 20.5. The van der Waals surface area contributed by atoms with Crippen molar-refractivity contribution in [2.24, 2.45) is 11.3 Å². The third kappa shape index (κ3) is 5.10. The number of nitrogens with zero attached hydrogens (tertiary/aromatic N) is 4. The molecule has 0 radical (unpaired) electrons. The number of hydrogen-bond acceptors (Lipinski definition) is 4. The number of piperazine rings is 1. The highest BCUT2D eigenvalue weighted by molar-refractivity contribution is 5.84. The second-order valence-electron chi connectivity index (χ2n) is 10.7. The van der Waals surface area contributed by atoms with Crippen molar-refractivity contribution in [3.05, 3.63) is 24.0 Å². The Hall–Kier alpha value is -2.52. The van der Waals surface area contributed by atoms with Crippen LogP contribution in [0.2, 0.25) is 0 Å². The zero-order chi connectivity index (χ0) is 25.5. The van der Waals surface area contributed by atoms with Crippen molar-refractivity contribution in [3.63, 3.8) is 0 Å². The lowest BCUT2D eigenvalue weighted by atomic mass is 9.74. The third-order valence-electron chi connectivity index (χ3n) is 7.33. The van der Waals surface area contributed by atoms with Gasteiger partial charge >= 0.3 is 12.3 Å². The minimum atomic E-state index is -4.46. The first kappa shape index (κ1) is 26.1. The van der Waals surface area contributed by atoms with Crippen LogP contribution < -0.4 is 4.90 Å². The van der Waals surface area contributed by atoms with E-state index in [4.69, 9.17) is 0 Å². The number of carboxylic acid groups (broad SMARTS) is 1. The van der Waals surface area contributed by atoms with Gasteiger partial charge in [0.05, 0.1) is 22.9 Å². The second-order valence-corrected chi connectivity index (χ2v) is 10.7. The van der Waals surface area contributed by atoms with Gasteiger partial charge in [0.25, 0.3) is 0 Å². The Bertz CT molecular complexity index is 907. The van der Waals surface area contributed by atoms with Gasteiger partial charge < -0.3 is 19.8 Å². The number of rotatable bonds is 4. The van der Waals surface area contributed by atoms with Crippen molar-refractivity contribution >= 4 is 17.7 Å². The molecule has 34 heavy (non-hydrogen) atoms. The molecule has 0 aromatic carbocycles. The maximum absolute atomic E-state index is 13.8. The molecule has 0 bridgehead atoms. The molecule has 2 aliphatic rings. The molecule has 2 atom stereocenters. The van der Waals surface area contributed by atoms with Crippen LogP contribution in [-0.4, -0.2) is 69.7 Å². The summed E-state index contributed by atoms with van der Waals surface area (Å²) in [7, 11) is 0. The van der Waals surface area contributed by atoms with E-state index in [1.165, 1.54) is 11.1 Å². The number of alkyl halides is 3. The Morgan fingerprint density at radius 3 is 2.26 bits per heavy atom. The summed E-state index contributed by atoms with van der Waals surface area (Å²) < 4.78 is 39.2. The molecule has 1 aliphatic heterocycles. The molecule has 1 aromatic heterocycles. The van der Waals surface area contributed by atoms with Gasteiger partial charge in [0.2, 0.25) is 5.91 Å². The zero-order valence-electron chi connectivity index (χ0n) is 20.5. The number of halogens is 3. The van der Waals surface area contributed by atoms with Crippen LogP contribution in [0.5, 0.6) is 0 Å². The number of amides is 2. The molecule has 1 aliphatic carbocycles. The van der Waals surface area contributed by atoms with E-state index in [0.717, 1.165) is 12.3 Å². The van der Waals surface area contributed by atoms with Gasteiger partial charge in [-0.1, -0.05) is 13.8 Å². The van der Waals surface area contributed by atoms with Gasteiger partial charge in [0, 0.05) is 44.0 Å². The van der Waals surface area contributed by atoms with Gasteiger partial charge in [-0.05, 0) is 52.0 Å². The van der Waals surface area contributed by atoms with E-state index in [-0.39, 0.29) is 17.9 Å². The van der Waals surface area contributed by atoms with Gasteiger partial charge in [0.15, 0.2) is 0 Å². The lowest BCUT2D eigenvalue weighted by Gasteiger charge is -2.43. The first-order valence-corrected chi connectivity index (χ1v) is 11.8. The number of anilines is 1. The minimum absolute atomic E-state index is 0.0195. The molecule has 1 aromatic rings. The summed E-state index contributed by atoms with van der Waals surface area (Å²) >= 11 is 0. The van der Waals surface area contributed by atoms with Crippen LogP contribution in [0.15, 0.2) is 18.5 Å². The Balaban J connectivity index is 1.72. The third-order valence-corrected chi connectivity index (χ3v) is 7.33. The topological polar surface area (TPSA) is 77.0 Å². The molecule has 1 N–H and O–H groups in total. The van der Waals surface area contributed by atoms with Crippen molar-refractivity contribution in [2.45, 2.75) is 71.6 Å². The summed E-state index contributed by atoms with van der Waals surface area (Å²) in [5.74, 6) is 0.0531. The fourth-order valence-corrected chi connectivity index (χ4v) is 5.46. The molecule has 0 spiro atoms. The van der Waals surface area contributed by atoms with E-state index in [1.807, 2.05) is 39.5 Å². The van der Waals surface area contributed by atoms with Gasteiger partial charge in [0.1, 0.15) is 0 Å². The first-order chi connectivity index (χ1) is 15.7. The van der Waals surface area contributed by atoms with Gasteiger partial charge in [-0.15, -0.1) is 0 Å². The molecule has 2 heterocycles. The molecular weight excluding hydrogens is 449 g/mol. The Morgan fingerprint density at radius 2 is 1.76 bits per heavy atom. The van der Waals surface area contributed by atoms with Gasteiger partial charge in [-0.25, -0.2) is 4.79 Å². The summed E-state index contributed by atoms with van der Waals surface area (Å²) in [4.78, 5) is 34.6. The van der Waals surface area contributed by atoms with Crippen molar-refractivity contribution in [3.8, 4) is 0 Å². The lowest BCUT2D eigenvalue weighted by molar-refractivity contribution is -0.145. The van der Waals surface area contributed by atoms with Crippen LogP contribution in [0, 0.1) is 11.3 Å². The van der Waals surface area contributed by atoms with Crippen LogP contribution in [0.1, 0.15) is 59.4 Å². The van der Waals surface area contributed by atoms with Crippen molar-refractivity contribution in [2.75, 3.05) is 31.1 Å². The van der Waals surface area contributed by atoms with Crippen molar-refractivity contribution in [1.82, 2.24) is 14.8 Å². The molecule has 10 heteroatoms. The molecular formula is C24H35F3N4O3. The Kier molecular flexibility index (Phi) is 7.11. The van der Waals surface area contributed by atoms with Gasteiger partial charge in [-0.2, -0.15) is 13.2 Å². The monoisotopic (exact) mass is 484 g/mol. The summed E-state index contributed by atoms with van der Waals surface area (Å²) in [6, 6.07) is 0.857. The van der Waals surface area contributed by atoms with Crippen molar-refractivity contribution < 1.29 is 27.9 Å². The fourth-order valence-electron chi connectivity index (χ4n) is 5.46. The van der Waals surface area contributed by atoms with Crippen LogP contribution in [-0.2, 0) is 11.0 Å². The maximum Gasteiger partial charge on any atom is 0.417 e. The number of aromatic nitrogens is 1. The fraction of sp³-hybridized carbons (Fsp3) is 0.708. The average Bonchev–Trinajstić information content (AvgIpc) is 3.17. The van der Waals surface area contributed by atoms with Crippen LogP contribution in [0.4, 0.5) is 23.7 Å². The number of carbonyl (C=O) groups excluding carboxylic acids is 1. The highest BCUT2D eigenvalue weighted by atomic mass is 19.4. The van der Waals surface area contributed by atoms with E-state index in [2.05, 4.69) is 4.98 Å². The standard InChI is InChI=1S/C24H35F3N4O3/c1-16(2)23(7-6-18(13-23)31(21(33)34)22(3,4)5)20(32)30-10-8-29(9-11-30)19-12-17(14-28-15-19)24(25,26)27/h12,14-16,18H,6-11,13H2,1-5H3,(H,33,34)/t18-,23+/m1/s1. The predicted molar refractivity (Wildman–Crippen MR) is 123 cm³/mol. The molecule has 190 valence electrons. The molecule has 1 saturated heterocycles. The largest absolute Gasteiger partial charge is 0.465 e. The smallest absolute Gasteiger partial charge is 0.417 e. The van der Waals surface area contributed by atoms with E-state index in [9.17, 15) is 27.9 Å². The van der Waals surface area contributed by atoms with Crippen LogP contribution in [0.25, 0.3) is 0 Å². The summed E-state index contributed by atoms with van der Waals surface area (Å²) in [6.45, 7) is 11.2. The van der Waals surface area contributed by atoms with E-state index in [0.29, 0.717) is 51.1 Å². The SMILES string of the molecule is CC(C)[C@]1(C(=O)N2CCN(c3cncc(C(F)(F)F)c3)CC2)CC[C@@H](N(C(=O)O)C(C)(C)C)C1. The lowest BCUT2D eigenvalue weighted by Crippen LogP contribution is -2.55. The highest BCUT2D eigenvalue weighted by Crippen LogP contribution is 2.48. The van der Waals surface area contributed by atoms with Crippen LogP contribution >= 0.6 is 0 Å². The predicted octanol–water partition coefficient (Wildman–Crippen LogP) is 4.72. The van der Waals surface area contributed by atoms with Gasteiger partial charge in [-0.3, -0.25) is 9.78 Å². The van der Waals surface area contributed by atoms with E-state index < -0.39 is 28.8 Å². The summed E-state index contributed by atoms with van der Waals surface area (Å²) in [5, 5.41) is 9.82. The second kappa shape index (κ2) is 9.26. The number of carbonyl (C=O) groups is 2. The first-order valence-electron chi connectivity index (χ1n) is 11.8. The maximum atomic E-state index is 13.8. The Morgan fingerprint density at radius 1 is 1.15 bits per heavy atom. The quantitative estimate of drug-likeness (QED) is 0.669. The summed E-state index contributed by atoms with van der Waals surface area (Å²) in [6.07, 6.45) is -1.49. The molecule has 0 unspecified atom stereocenters. The highest BCUT2D eigenvalue weighted by Gasteiger charge is 2.52. The van der Waals surface area contributed by atoms with Crippen molar-refractivity contribution in [1.29, 1.82) is 0 Å². The molecule has 7 nitrogen and oxygen atoms in total. The normalized spacial score (nSPS) is 24.0. The Labute approximate surface area is 198 Å². The van der Waals surface area contributed by atoms with Crippen LogP contribution in [0.3, 0.4) is 0 Å². The molecule has 2 amide bonds.